The van der Waals surface area contributed by atoms with E-state index in [1.165, 1.54) is 30.3 Å². The molecule has 0 saturated heterocycles. The van der Waals surface area contributed by atoms with Crippen molar-refractivity contribution in [1.29, 1.82) is 0 Å². The van der Waals surface area contributed by atoms with Crippen molar-refractivity contribution in [3.63, 3.8) is 0 Å². The van der Waals surface area contributed by atoms with E-state index < -0.39 is 24.2 Å². The highest BCUT2D eigenvalue weighted by molar-refractivity contribution is 5.81. The van der Waals surface area contributed by atoms with E-state index in [4.69, 9.17) is 0 Å². The molecule has 30 heavy (non-hydrogen) atoms. The molecule has 0 aliphatic heterocycles. The van der Waals surface area contributed by atoms with E-state index in [1.807, 2.05) is 0 Å². The van der Waals surface area contributed by atoms with Gasteiger partial charge in [-0.05, 0) is 48.0 Å². The van der Waals surface area contributed by atoms with Gasteiger partial charge in [0.05, 0.1) is 18.0 Å². The lowest BCUT2D eigenvalue weighted by Gasteiger charge is -2.13. The highest BCUT2D eigenvalue weighted by Gasteiger charge is 2.31. The molecule has 0 radical (unpaired) electrons. The summed E-state index contributed by atoms with van der Waals surface area (Å²) in [4.78, 5) is 4.30. The second-order valence-electron chi connectivity index (χ2n) is 6.00. The van der Waals surface area contributed by atoms with Gasteiger partial charge < -0.3 is 14.6 Å². The van der Waals surface area contributed by atoms with Crippen molar-refractivity contribution in [1.82, 2.24) is 4.98 Å². The Morgan fingerprint density at radius 3 is 1.57 bits per heavy atom. The maximum absolute atomic E-state index is 12.3. The molecule has 10 heteroatoms. The van der Waals surface area contributed by atoms with Gasteiger partial charge in [-0.15, -0.1) is 26.3 Å². The van der Waals surface area contributed by atoms with Crippen molar-refractivity contribution in [3.05, 3.63) is 66.4 Å². The van der Waals surface area contributed by atoms with Crippen LogP contribution >= 0.6 is 0 Å². The summed E-state index contributed by atoms with van der Waals surface area (Å²) in [6, 6.07) is 13.1. The minimum absolute atomic E-state index is 0.307. The molecular weight excluding hydrogens is 416 g/mol. The predicted octanol–water partition coefficient (Wildman–Crippen LogP) is 5.71. The highest BCUT2D eigenvalue weighted by atomic mass is 19.4. The SMILES string of the molecule is OCc1ccc(-c2ccc(OC(F)(F)F)cc2)c(-c2ccc(OC(F)(F)F)cc2)n1. The predicted molar refractivity (Wildman–Crippen MR) is 94.4 cm³/mol. The third kappa shape index (κ3) is 5.63. The number of benzene rings is 2. The van der Waals surface area contributed by atoms with Crippen molar-refractivity contribution in [2.24, 2.45) is 0 Å². The number of aromatic nitrogens is 1. The monoisotopic (exact) mass is 429 g/mol. The first-order valence-electron chi connectivity index (χ1n) is 8.37. The normalized spacial score (nSPS) is 12.0. The number of aliphatic hydroxyl groups is 1. The van der Waals surface area contributed by atoms with Gasteiger partial charge in [0.15, 0.2) is 0 Å². The molecular formula is C20H13F6NO3. The van der Waals surface area contributed by atoms with E-state index in [1.54, 1.807) is 6.07 Å². The lowest BCUT2D eigenvalue weighted by molar-refractivity contribution is -0.275. The molecule has 0 bridgehead atoms. The molecule has 0 amide bonds. The lowest BCUT2D eigenvalue weighted by Crippen LogP contribution is -2.17. The fraction of sp³-hybridized carbons (Fsp3) is 0.150. The van der Waals surface area contributed by atoms with E-state index in [9.17, 15) is 31.4 Å². The second-order valence-corrected chi connectivity index (χ2v) is 6.00. The third-order valence-corrected chi connectivity index (χ3v) is 3.88. The van der Waals surface area contributed by atoms with Crippen molar-refractivity contribution < 1.29 is 40.9 Å². The zero-order chi connectivity index (χ0) is 21.9. The Morgan fingerprint density at radius 1 is 0.667 bits per heavy atom. The molecule has 158 valence electrons. The van der Waals surface area contributed by atoms with Crippen LogP contribution in [0.1, 0.15) is 5.69 Å². The number of halogens is 6. The molecule has 4 nitrogen and oxygen atoms in total. The molecule has 3 aromatic rings. The van der Waals surface area contributed by atoms with Crippen LogP contribution in [0.5, 0.6) is 11.5 Å². The maximum Gasteiger partial charge on any atom is 0.573 e. The summed E-state index contributed by atoms with van der Waals surface area (Å²) < 4.78 is 81.7. The van der Waals surface area contributed by atoms with Gasteiger partial charge in [-0.1, -0.05) is 18.2 Å². The smallest absolute Gasteiger partial charge is 0.406 e. The van der Waals surface area contributed by atoms with Gasteiger partial charge in [0.2, 0.25) is 0 Å². The van der Waals surface area contributed by atoms with Crippen LogP contribution in [0.2, 0.25) is 0 Å². The summed E-state index contributed by atoms with van der Waals surface area (Å²) in [5.74, 6) is -0.818. The number of alkyl halides is 6. The summed E-state index contributed by atoms with van der Waals surface area (Å²) in [7, 11) is 0. The van der Waals surface area contributed by atoms with Crippen molar-refractivity contribution in [3.8, 4) is 33.9 Å². The Balaban J connectivity index is 1.97. The van der Waals surface area contributed by atoms with Gasteiger partial charge >= 0.3 is 12.7 Å². The van der Waals surface area contributed by atoms with E-state index >= 15 is 0 Å². The van der Waals surface area contributed by atoms with Gasteiger partial charge in [0, 0.05) is 11.1 Å². The van der Waals surface area contributed by atoms with E-state index in [0.29, 0.717) is 28.1 Å². The van der Waals surface area contributed by atoms with Crippen LogP contribution in [0, 0.1) is 0 Å². The molecule has 1 N–H and O–H groups in total. The first-order valence-corrected chi connectivity index (χ1v) is 8.37. The average molecular weight is 429 g/mol. The van der Waals surface area contributed by atoms with E-state index in [2.05, 4.69) is 14.5 Å². The number of rotatable bonds is 5. The summed E-state index contributed by atoms with van der Waals surface area (Å²) >= 11 is 0. The van der Waals surface area contributed by atoms with Crippen molar-refractivity contribution >= 4 is 0 Å². The maximum atomic E-state index is 12.3. The first-order chi connectivity index (χ1) is 14.0. The number of hydrogen-bond donors (Lipinski definition) is 1. The van der Waals surface area contributed by atoms with Crippen molar-refractivity contribution in [2.75, 3.05) is 0 Å². The first kappa shape index (κ1) is 21.4. The minimum Gasteiger partial charge on any atom is -0.406 e. The van der Waals surface area contributed by atoms with Crippen LogP contribution in [0.25, 0.3) is 22.4 Å². The molecule has 0 fully saturated rings. The molecule has 0 atom stereocenters. The molecule has 2 aromatic carbocycles. The van der Waals surface area contributed by atoms with Crippen LogP contribution in [0.4, 0.5) is 26.3 Å². The average Bonchev–Trinajstić information content (AvgIpc) is 2.66. The summed E-state index contributed by atoms with van der Waals surface area (Å²) in [6.45, 7) is -0.374. The fourth-order valence-corrected chi connectivity index (χ4v) is 2.69. The Bertz CT molecular complexity index is 999. The van der Waals surface area contributed by atoms with Crippen LogP contribution in [0.15, 0.2) is 60.7 Å². The van der Waals surface area contributed by atoms with Gasteiger partial charge in [0.1, 0.15) is 11.5 Å². The largest absolute Gasteiger partial charge is 0.573 e. The van der Waals surface area contributed by atoms with E-state index in [-0.39, 0.29) is 6.61 Å². The number of pyridine rings is 1. The number of nitrogens with zero attached hydrogens (tertiary/aromatic N) is 1. The summed E-state index contributed by atoms with van der Waals surface area (Å²) in [5.41, 5.74) is 2.04. The van der Waals surface area contributed by atoms with Crippen molar-refractivity contribution in [2.45, 2.75) is 19.3 Å². The molecule has 0 spiro atoms. The Kier molecular flexibility index (Phi) is 5.88. The zero-order valence-electron chi connectivity index (χ0n) is 15.0. The Labute approximate surface area is 166 Å². The van der Waals surface area contributed by atoms with Crippen LogP contribution < -0.4 is 9.47 Å². The minimum atomic E-state index is -4.83. The Morgan fingerprint density at radius 2 is 1.13 bits per heavy atom. The Hall–Kier alpha value is -3.27. The third-order valence-electron chi connectivity index (χ3n) is 3.88. The summed E-state index contributed by atoms with van der Waals surface area (Å²) in [6.07, 6.45) is -9.65. The number of ether oxygens (including phenoxy) is 2. The molecule has 1 aromatic heterocycles. The van der Waals surface area contributed by atoms with Crippen LogP contribution in [0.3, 0.4) is 0 Å². The highest BCUT2D eigenvalue weighted by Crippen LogP contribution is 2.34. The van der Waals surface area contributed by atoms with E-state index in [0.717, 1.165) is 24.3 Å². The number of hydrogen-bond acceptors (Lipinski definition) is 4. The lowest BCUT2D eigenvalue weighted by atomic mass is 9.98. The number of aliphatic hydroxyl groups excluding tert-OH is 1. The van der Waals surface area contributed by atoms with Gasteiger partial charge in [-0.2, -0.15) is 0 Å². The van der Waals surface area contributed by atoms with Crippen LogP contribution in [-0.2, 0) is 6.61 Å². The van der Waals surface area contributed by atoms with Crippen LogP contribution in [-0.4, -0.2) is 22.8 Å². The molecule has 0 unspecified atom stereocenters. The van der Waals surface area contributed by atoms with Gasteiger partial charge in [-0.25, -0.2) is 4.98 Å². The molecule has 0 saturated carbocycles. The zero-order valence-corrected chi connectivity index (χ0v) is 15.0. The quantitative estimate of drug-likeness (QED) is 0.529. The molecule has 1 heterocycles. The standard InChI is InChI=1S/C20H13F6NO3/c21-19(22,23)29-15-6-1-12(2-7-15)17-10-5-14(11-28)27-18(17)13-3-8-16(9-4-13)30-20(24,25)26/h1-10,28H,11H2. The topological polar surface area (TPSA) is 51.6 Å². The molecule has 0 aliphatic carbocycles. The summed E-state index contributed by atoms with van der Waals surface area (Å²) in [5, 5.41) is 9.36. The van der Waals surface area contributed by atoms with Gasteiger partial charge in [-0.3, -0.25) is 0 Å². The molecule has 0 aliphatic rings. The molecule has 3 rings (SSSR count). The second kappa shape index (κ2) is 8.23. The van der Waals surface area contributed by atoms with Gasteiger partial charge in [0.25, 0.3) is 0 Å². The fourth-order valence-electron chi connectivity index (χ4n) is 2.69.